The molecule has 2 heterocycles. The van der Waals surface area contributed by atoms with Gasteiger partial charge in [0.1, 0.15) is 5.52 Å². The number of nitrogens with zero attached hydrogens (tertiary/aromatic N) is 2. The Morgan fingerprint density at radius 1 is 1.26 bits per heavy atom. The van der Waals surface area contributed by atoms with E-state index in [4.69, 9.17) is 0 Å². The molecular weight excluding hydrogens is 256 g/mol. The van der Waals surface area contributed by atoms with Crippen LogP contribution in [0.5, 0.6) is 0 Å². The second kappa shape index (κ2) is 5.13. The molecule has 2 aromatic heterocycles. The third-order valence-electron chi connectivity index (χ3n) is 3.32. The van der Waals surface area contributed by atoms with Crippen molar-refractivity contribution in [3.63, 3.8) is 0 Å². The van der Waals surface area contributed by atoms with Crippen molar-refractivity contribution in [1.29, 1.82) is 0 Å². The zero-order valence-electron chi connectivity index (χ0n) is 10.9. The Labute approximate surface area is 116 Å². The Morgan fingerprint density at radius 2 is 2.11 bits per heavy atom. The normalized spacial score (nSPS) is 11.4. The maximum atomic E-state index is 11.9. The number of hydrogen-bond acceptors (Lipinski definition) is 3. The number of fused-ring (bicyclic) bond motifs is 3. The lowest BCUT2D eigenvalue weighted by Crippen LogP contribution is -2.26. The van der Waals surface area contributed by atoms with Gasteiger partial charge >= 0.3 is 0 Å². The van der Waals surface area contributed by atoms with Gasteiger partial charge in [-0.2, -0.15) is 4.73 Å². The van der Waals surface area contributed by atoms with Crippen molar-refractivity contribution in [2.45, 2.75) is 32.6 Å². The molecular formula is C15H16N2OS. The Balaban J connectivity index is 2.09. The maximum absolute atomic E-state index is 11.9. The van der Waals surface area contributed by atoms with Crippen molar-refractivity contribution in [3.05, 3.63) is 40.7 Å². The van der Waals surface area contributed by atoms with Gasteiger partial charge < -0.3 is 5.21 Å². The summed E-state index contributed by atoms with van der Waals surface area (Å²) in [6.07, 6.45) is 6.23. The monoisotopic (exact) mass is 272 g/mol. The molecule has 1 aromatic carbocycles. The van der Waals surface area contributed by atoms with Crippen LogP contribution in [0.15, 0.2) is 30.5 Å². The van der Waals surface area contributed by atoms with Crippen LogP contribution in [-0.4, -0.2) is 4.98 Å². The molecule has 3 aromatic rings. The zero-order chi connectivity index (χ0) is 13.2. The van der Waals surface area contributed by atoms with Crippen LogP contribution < -0.4 is 4.73 Å². The number of hydrogen-bond donors (Lipinski definition) is 0. The van der Waals surface area contributed by atoms with E-state index < -0.39 is 0 Å². The molecule has 0 bridgehead atoms. The molecule has 0 spiro atoms. The molecule has 98 valence electrons. The molecule has 19 heavy (non-hydrogen) atoms. The standard InChI is InChI=1S/C15H16N2OS/c1-2-3-4-9-14-16-12-10-17(18)13-8-6-5-7-11(13)15(12)19-14/h5-8,10H,2-4,9H2,1H3. The smallest absolute Gasteiger partial charge is 0.225 e. The van der Waals surface area contributed by atoms with Crippen molar-refractivity contribution >= 4 is 32.5 Å². The molecule has 0 aliphatic carbocycles. The molecule has 3 nitrogen and oxygen atoms in total. The van der Waals surface area contributed by atoms with E-state index in [1.54, 1.807) is 17.5 Å². The molecule has 0 saturated carbocycles. The summed E-state index contributed by atoms with van der Waals surface area (Å²) in [5.74, 6) is 0. The van der Waals surface area contributed by atoms with E-state index in [9.17, 15) is 5.21 Å². The molecule has 0 amide bonds. The first-order valence-corrected chi connectivity index (χ1v) is 7.51. The lowest BCUT2D eigenvalue weighted by molar-refractivity contribution is -0.575. The van der Waals surface area contributed by atoms with E-state index in [2.05, 4.69) is 11.9 Å². The molecule has 3 rings (SSSR count). The molecule has 0 radical (unpaired) electrons. The highest BCUT2D eigenvalue weighted by molar-refractivity contribution is 7.19. The van der Waals surface area contributed by atoms with Gasteiger partial charge in [0.2, 0.25) is 11.7 Å². The molecule has 0 atom stereocenters. The van der Waals surface area contributed by atoms with E-state index in [-0.39, 0.29) is 0 Å². The molecule has 4 heteroatoms. The summed E-state index contributed by atoms with van der Waals surface area (Å²) in [4.78, 5) is 4.59. The van der Waals surface area contributed by atoms with Crippen molar-refractivity contribution < 1.29 is 4.73 Å². The molecule has 0 aliphatic rings. The Bertz CT molecular complexity index is 721. The average molecular weight is 272 g/mol. The summed E-state index contributed by atoms with van der Waals surface area (Å²) >= 11 is 1.72. The van der Waals surface area contributed by atoms with Crippen LogP contribution in [0.25, 0.3) is 21.1 Å². The Morgan fingerprint density at radius 3 is 2.95 bits per heavy atom. The van der Waals surface area contributed by atoms with Gasteiger partial charge in [0.25, 0.3) is 0 Å². The molecule has 0 saturated heterocycles. The third kappa shape index (κ3) is 2.28. The predicted octanol–water partition coefficient (Wildman–Crippen LogP) is 3.82. The number of pyridine rings is 1. The van der Waals surface area contributed by atoms with Crippen molar-refractivity contribution in [2.75, 3.05) is 0 Å². The number of para-hydroxylation sites is 1. The van der Waals surface area contributed by atoms with E-state index in [0.717, 1.165) is 37.3 Å². The number of aryl methyl sites for hydroxylation is 1. The number of benzene rings is 1. The Hall–Kier alpha value is -1.68. The van der Waals surface area contributed by atoms with Gasteiger partial charge in [0.15, 0.2) is 0 Å². The van der Waals surface area contributed by atoms with Gasteiger partial charge in [-0.15, -0.1) is 11.3 Å². The number of rotatable bonds is 4. The van der Waals surface area contributed by atoms with Gasteiger partial charge in [-0.3, -0.25) is 0 Å². The van der Waals surface area contributed by atoms with Crippen LogP contribution in [0.3, 0.4) is 0 Å². The summed E-state index contributed by atoms with van der Waals surface area (Å²) in [5.41, 5.74) is 1.55. The molecule has 0 fully saturated rings. The van der Waals surface area contributed by atoms with Gasteiger partial charge in [0.05, 0.1) is 15.1 Å². The molecule has 0 N–H and O–H groups in total. The van der Waals surface area contributed by atoms with E-state index in [1.807, 2.05) is 24.3 Å². The highest BCUT2D eigenvalue weighted by atomic mass is 32.1. The van der Waals surface area contributed by atoms with Crippen LogP contribution in [-0.2, 0) is 6.42 Å². The zero-order valence-corrected chi connectivity index (χ0v) is 11.7. The van der Waals surface area contributed by atoms with E-state index in [0.29, 0.717) is 0 Å². The van der Waals surface area contributed by atoms with Crippen LogP contribution in [0, 0.1) is 5.21 Å². The van der Waals surface area contributed by atoms with E-state index >= 15 is 0 Å². The van der Waals surface area contributed by atoms with Crippen LogP contribution >= 0.6 is 11.3 Å². The highest BCUT2D eigenvalue weighted by Crippen LogP contribution is 2.28. The first-order valence-electron chi connectivity index (χ1n) is 6.70. The number of aromatic nitrogens is 2. The average Bonchev–Trinajstić information content (AvgIpc) is 2.82. The van der Waals surface area contributed by atoms with E-state index in [1.165, 1.54) is 19.3 Å². The summed E-state index contributed by atoms with van der Waals surface area (Å²) < 4.78 is 2.06. The highest BCUT2D eigenvalue weighted by Gasteiger charge is 2.13. The van der Waals surface area contributed by atoms with Crippen LogP contribution in [0.1, 0.15) is 31.2 Å². The summed E-state index contributed by atoms with van der Waals surface area (Å²) in [7, 11) is 0. The minimum Gasteiger partial charge on any atom is -0.618 e. The number of unbranched alkanes of at least 4 members (excludes halogenated alkanes) is 2. The fourth-order valence-corrected chi connectivity index (χ4v) is 3.44. The third-order valence-corrected chi connectivity index (χ3v) is 4.48. The number of thiazole rings is 1. The minimum absolute atomic E-state index is 0.721. The fraction of sp³-hybridized carbons (Fsp3) is 0.333. The first-order chi connectivity index (χ1) is 9.29. The maximum Gasteiger partial charge on any atom is 0.225 e. The van der Waals surface area contributed by atoms with Crippen molar-refractivity contribution in [1.82, 2.24) is 4.98 Å². The van der Waals surface area contributed by atoms with Gasteiger partial charge in [-0.1, -0.05) is 31.9 Å². The second-order valence-electron chi connectivity index (χ2n) is 4.75. The molecule has 0 unspecified atom stereocenters. The SMILES string of the molecule is CCCCCc1nc2c[n+]([O-])c3ccccc3c2s1. The van der Waals surface area contributed by atoms with Crippen LogP contribution in [0.2, 0.25) is 0 Å². The minimum atomic E-state index is 0.721. The Kier molecular flexibility index (Phi) is 3.34. The summed E-state index contributed by atoms with van der Waals surface area (Å²) in [6, 6.07) is 7.72. The largest absolute Gasteiger partial charge is 0.618 e. The van der Waals surface area contributed by atoms with Crippen molar-refractivity contribution in [3.8, 4) is 0 Å². The summed E-state index contributed by atoms with van der Waals surface area (Å²) in [6.45, 7) is 2.20. The predicted molar refractivity (Wildman–Crippen MR) is 79.3 cm³/mol. The van der Waals surface area contributed by atoms with Gasteiger partial charge in [-0.05, 0) is 18.9 Å². The fourth-order valence-electron chi connectivity index (χ4n) is 2.33. The van der Waals surface area contributed by atoms with Gasteiger partial charge in [0, 0.05) is 6.07 Å². The van der Waals surface area contributed by atoms with Crippen molar-refractivity contribution in [2.24, 2.45) is 0 Å². The lowest BCUT2D eigenvalue weighted by atomic mass is 10.2. The topological polar surface area (TPSA) is 39.8 Å². The second-order valence-corrected chi connectivity index (χ2v) is 5.83. The summed E-state index contributed by atoms with van der Waals surface area (Å²) in [5, 5.41) is 14.1. The lowest BCUT2D eigenvalue weighted by Gasteiger charge is -2.00. The van der Waals surface area contributed by atoms with Gasteiger partial charge in [-0.25, -0.2) is 4.98 Å². The quantitative estimate of drug-likeness (QED) is 0.411. The van der Waals surface area contributed by atoms with Crippen LogP contribution in [0.4, 0.5) is 0 Å². The first kappa shape index (κ1) is 12.4. The molecule has 0 aliphatic heterocycles.